The molecule has 0 aromatic heterocycles. The van der Waals surface area contributed by atoms with Gasteiger partial charge in [-0.1, -0.05) is 35.9 Å². The van der Waals surface area contributed by atoms with Gasteiger partial charge >= 0.3 is 0 Å². The molecule has 120 valence electrons. The van der Waals surface area contributed by atoms with Crippen molar-refractivity contribution in [2.75, 3.05) is 6.61 Å². The van der Waals surface area contributed by atoms with Crippen molar-refractivity contribution in [3.63, 3.8) is 0 Å². The fourth-order valence-corrected chi connectivity index (χ4v) is 4.04. The first-order chi connectivity index (χ1) is 10.9. The van der Waals surface area contributed by atoms with Crippen LogP contribution in [0.4, 0.5) is 0 Å². The lowest BCUT2D eigenvalue weighted by Gasteiger charge is -2.14. The largest absolute Gasteiger partial charge is 0.341 e. The van der Waals surface area contributed by atoms with Crippen LogP contribution in [0.25, 0.3) is 0 Å². The van der Waals surface area contributed by atoms with Crippen molar-refractivity contribution in [1.29, 1.82) is 0 Å². The van der Waals surface area contributed by atoms with E-state index in [1.54, 1.807) is 25.1 Å². The molecule has 2 aromatic rings. The predicted molar refractivity (Wildman–Crippen MR) is 86.0 cm³/mol. The molecular weight excluding hydrogens is 338 g/mol. The Hall–Kier alpha value is -1.89. The van der Waals surface area contributed by atoms with Crippen LogP contribution in [-0.4, -0.2) is 20.9 Å². The summed E-state index contributed by atoms with van der Waals surface area (Å²) in [5.41, 5.74) is 2.02. The number of fused-ring (bicyclic) bond motifs is 1. The summed E-state index contributed by atoms with van der Waals surface area (Å²) in [5.74, 6) is -0.185. The van der Waals surface area contributed by atoms with E-state index < -0.39 is 16.2 Å². The highest BCUT2D eigenvalue weighted by Gasteiger charge is 2.30. The average Bonchev–Trinajstić information content (AvgIpc) is 2.85. The molecular formula is C16H14ClNO4S. The third kappa shape index (κ3) is 2.85. The van der Waals surface area contributed by atoms with Gasteiger partial charge in [0, 0.05) is 5.56 Å². The number of nitrogens with one attached hydrogen (secondary N) is 1. The van der Waals surface area contributed by atoms with E-state index >= 15 is 0 Å². The Balaban J connectivity index is 2.08. The van der Waals surface area contributed by atoms with Crippen LogP contribution >= 0.6 is 11.6 Å². The zero-order valence-corrected chi connectivity index (χ0v) is 13.8. The second-order valence-electron chi connectivity index (χ2n) is 5.04. The molecule has 7 heteroatoms. The Morgan fingerprint density at radius 3 is 2.70 bits per heavy atom. The Morgan fingerprint density at radius 2 is 1.96 bits per heavy atom. The quantitative estimate of drug-likeness (QED) is 0.860. The van der Waals surface area contributed by atoms with Crippen LogP contribution in [-0.2, 0) is 14.3 Å². The molecule has 5 nitrogen and oxygen atoms in total. The highest BCUT2D eigenvalue weighted by atomic mass is 35.5. The van der Waals surface area contributed by atoms with E-state index in [1.165, 1.54) is 12.1 Å². The Morgan fingerprint density at radius 1 is 1.22 bits per heavy atom. The lowest BCUT2D eigenvalue weighted by Crippen LogP contribution is -2.20. The summed E-state index contributed by atoms with van der Waals surface area (Å²) >= 11 is 6.01. The normalized spacial score (nSPS) is 17.0. The molecule has 0 spiro atoms. The first-order valence-corrected chi connectivity index (χ1v) is 8.81. The van der Waals surface area contributed by atoms with Gasteiger partial charge in [-0.2, -0.15) is 8.42 Å². The maximum absolute atomic E-state index is 12.1. The van der Waals surface area contributed by atoms with Gasteiger partial charge in [0.2, 0.25) is 0 Å². The summed E-state index contributed by atoms with van der Waals surface area (Å²) in [6.45, 7) is 1.61. The Bertz CT molecular complexity index is 879. The molecule has 0 saturated carbocycles. The lowest BCUT2D eigenvalue weighted by atomic mass is 9.99. The SMILES string of the molecule is CCOS(=O)(=O)c1cc(C2NC(=O)c3ccccc32)ccc1Cl. The van der Waals surface area contributed by atoms with E-state index in [4.69, 9.17) is 15.8 Å². The fraction of sp³-hybridized carbons (Fsp3) is 0.188. The lowest BCUT2D eigenvalue weighted by molar-refractivity contribution is 0.0960. The Labute approximate surface area is 139 Å². The van der Waals surface area contributed by atoms with Crippen LogP contribution in [0.2, 0.25) is 5.02 Å². The van der Waals surface area contributed by atoms with Crippen molar-refractivity contribution < 1.29 is 17.4 Å². The molecule has 23 heavy (non-hydrogen) atoms. The number of hydrogen-bond donors (Lipinski definition) is 1. The summed E-state index contributed by atoms with van der Waals surface area (Å²) in [6, 6.07) is 11.4. The summed E-state index contributed by atoms with van der Waals surface area (Å²) < 4.78 is 29.1. The van der Waals surface area contributed by atoms with Gasteiger partial charge < -0.3 is 5.32 Å². The van der Waals surface area contributed by atoms with Crippen LogP contribution in [0.3, 0.4) is 0 Å². The molecule has 1 amide bonds. The Kier molecular flexibility index (Phi) is 4.14. The molecule has 1 unspecified atom stereocenters. The van der Waals surface area contributed by atoms with E-state index in [1.807, 2.05) is 12.1 Å². The number of hydrogen-bond acceptors (Lipinski definition) is 4. The van der Waals surface area contributed by atoms with Crippen molar-refractivity contribution in [1.82, 2.24) is 5.32 Å². The van der Waals surface area contributed by atoms with Crippen LogP contribution in [0.5, 0.6) is 0 Å². The molecule has 0 saturated heterocycles. The molecule has 0 aliphatic carbocycles. The van der Waals surface area contributed by atoms with Crippen LogP contribution in [0.15, 0.2) is 47.4 Å². The van der Waals surface area contributed by atoms with E-state index in [9.17, 15) is 13.2 Å². The second-order valence-corrected chi connectivity index (χ2v) is 7.04. The summed E-state index contributed by atoms with van der Waals surface area (Å²) in [7, 11) is -3.93. The molecule has 0 fully saturated rings. The highest BCUT2D eigenvalue weighted by Crippen LogP contribution is 2.34. The highest BCUT2D eigenvalue weighted by molar-refractivity contribution is 7.86. The standard InChI is InChI=1S/C16H14ClNO4S/c1-2-22-23(20,21)14-9-10(7-8-13(14)17)15-11-5-3-4-6-12(11)16(19)18-15/h3-9,15H,2H2,1H3,(H,18,19). The van der Waals surface area contributed by atoms with Gasteiger partial charge in [-0.15, -0.1) is 0 Å². The molecule has 1 N–H and O–H groups in total. The monoisotopic (exact) mass is 351 g/mol. The smallest absolute Gasteiger partial charge is 0.298 e. The number of carbonyl (C=O) groups excluding carboxylic acids is 1. The maximum Gasteiger partial charge on any atom is 0.298 e. The van der Waals surface area contributed by atoms with E-state index in [-0.39, 0.29) is 22.4 Å². The fourth-order valence-electron chi connectivity index (χ4n) is 2.61. The van der Waals surface area contributed by atoms with E-state index in [0.29, 0.717) is 11.1 Å². The molecule has 0 radical (unpaired) electrons. The third-order valence-corrected chi connectivity index (χ3v) is 5.49. The van der Waals surface area contributed by atoms with Gasteiger partial charge in [-0.25, -0.2) is 0 Å². The summed E-state index contributed by atoms with van der Waals surface area (Å²) in [4.78, 5) is 11.9. The van der Waals surface area contributed by atoms with Crippen LogP contribution in [0.1, 0.15) is 34.5 Å². The van der Waals surface area contributed by atoms with Gasteiger partial charge in [0.1, 0.15) is 4.90 Å². The van der Waals surface area contributed by atoms with Gasteiger partial charge in [0.25, 0.3) is 16.0 Å². The van der Waals surface area contributed by atoms with E-state index in [2.05, 4.69) is 5.32 Å². The van der Waals surface area contributed by atoms with Gasteiger partial charge in [-0.3, -0.25) is 8.98 Å². The van der Waals surface area contributed by atoms with Gasteiger partial charge in [-0.05, 0) is 36.2 Å². The molecule has 3 rings (SSSR count). The zero-order valence-electron chi connectivity index (χ0n) is 12.2. The zero-order chi connectivity index (χ0) is 16.6. The molecule has 0 bridgehead atoms. The average molecular weight is 352 g/mol. The number of halogens is 1. The topological polar surface area (TPSA) is 72.5 Å². The molecule has 1 atom stereocenters. The van der Waals surface area contributed by atoms with E-state index in [0.717, 1.165) is 5.56 Å². The number of amides is 1. The first kappa shape index (κ1) is 16.0. The predicted octanol–water partition coefficient (Wildman–Crippen LogP) is 2.90. The van der Waals surface area contributed by atoms with Crippen LogP contribution < -0.4 is 5.32 Å². The van der Waals surface area contributed by atoms with Crippen molar-refractivity contribution in [2.45, 2.75) is 17.9 Å². The minimum absolute atomic E-state index is 0.0197. The minimum Gasteiger partial charge on any atom is -0.341 e. The van der Waals surface area contributed by atoms with Gasteiger partial charge in [0.15, 0.2) is 0 Å². The molecule has 1 aliphatic heterocycles. The second kappa shape index (κ2) is 5.96. The van der Waals surface area contributed by atoms with Crippen molar-refractivity contribution in [3.05, 3.63) is 64.2 Å². The van der Waals surface area contributed by atoms with Crippen molar-refractivity contribution in [2.24, 2.45) is 0 Å². The van der Waals surface area contributed by atoms with Gasteiger partial charge in [0.05, 0.1) is 17.7 Å². The van der Waals surface area contributed by atoms with Crippen LogP contribution in [0, 0.1) is 0 Å². The number of rotatable bonds is 4. The molecule has 1 heterocycles. The molecule has 1 aliphatic rings. The number of carbonyl (C=O) groups is 1. The maximum atomic E-state index is 12.1. The third-order valence-electron chi connectivity index (χ3n) is 3.62. The summed E-state index contributed by atoms with van der Waals surface area (Å²) in [6.07, 6.45) is 0. The van der Waals surface area contributed by atoms with Crippen molar-refractivity contribution >= 4 is 27.6 Å². The minimum atomic E-state index is -3.93. The summed E-state index contributed by atoms with van der Waals surface area (Å²) in [5, 5.41) is 2.93. The number of benzene rings is 2. The van der Waals surface area contributed by atoms with Crippen molar-refractivity contribution in [3.8, 4) is 0 Å². The molecule has 2 aromatic carbocycles. The first-order valence-electron chi connectivity index (χ1n) is 7.02.